The molecule has 0 N–H and O–H groups in total. The minimum absolute atomic E-state index is 1.20. The standard InChI is InChI=1S/C58H38/c1-5-17-39(18-6-1)47-29-48(40-19-7-2-8-20-40)32-51(31-47)57-53-35-43-25-13-15-27-45(43)37-55(53)58(56-38-46-28-16-14-26-44(46)36-54(56)57)52-33-49(41-21-9-3-10-22-41)30-50(34-52)42-23-11-4-12-24-42/h1-38H. The first-order chi connectivity index (χ1) is 28.7. The van der Waals surface area contributed by atoms with Crippen molar-refractivity contribution in [2.75, 3.05) is 0 Å². The van der Waals surface area contributed by atoms with Gasteiger partial charge in [0.25, 0.3) is 0 Å². The number of hydrogen-bond donors (Lipinski definition) is 0. The highest BCUT2D eigenvalue weighted by Crippen LogP contribution is 2.48. The van der Waals surface area contributed by atoms with Gasteiger partial charge in [0.15, 0.2) is 0 Å². The van der Waals surface area contributed by atoms with E-state index in [0.29, 0.717) is 0 Å². The first-order valence-corrected chi connectivity index (χ1v) is 20.1. The van der Waals surface area contributed by atoms with Gasteiger partial charge in [0.2, 0.25) is 0 Å². The lowest BCUT2D eigenvalue weighted by atomic mass is 9.82. The molecule has 0 aliphatic carbocycles. The van der Waals surface area contributed by atoms with Crippen LogP contribution in [0.1, 0.15) is 0 Å². The van der Waals surface area contributed by atoms with E-state index in [-0.39, 0.29) is 0 Å². The fourth-order valence-corrected chi connectivity index (χ4v) is 8.95. The van der Waals surface area contributed by atoms with E-state index in [9.17, 15) is 0 Å². The lowest BCUT2D eigenvalue weighted by molar-refractivity contribution is 1.58. The molecule has 0 aliphatic rings. The summed E-state index contributed by atoms with van der Waals surface area (Å²) >= 11 is 0. The molecule has 11 aromatic rings. The molecule has 0 unspecified atom stereocenters. The van der Waals surface area contributed by atoms with Gasteiger partial charge in [0.1, 0.15) is 0 Å². The zero-order valence-corrected chi connectivity index (χ0v) is 31.9. The highest BCUT2D eigenvalue weighted by atomic mass is 14.2. The van der Waals surface area contributed by atoms with E-state index in [0.717, 1.165) is 0 Å². The van der Waals surface area contributed by atoms with Gasteiger partial charge in [-0.15, -0.1) is 0 Å². The predicted molar refractivity (Wildman–Crippen MR) is 249 cm³/mol. The van der Waals surface area contributed by atoms with Gasteiger partial charge in [-0.3, -0.25) is 0 Å². The Bertz CT molecular complexity index is 2850. The lowest BCUT2D eigenvalue weighted by Crippen LogP contribution is -1.94. The van der Waals surface area contributed by atoms with Gasteiger partial charge in [-0.05, 0) is 171 Å². The average molecular weight is 735 g/mol. The maximum Gasteiger partial charge on any atom is -0.00255 e. The Morgan fingerprint density at radius 2 is 0.362 bits per heavy atom. The Hall–Kier alpha value is -7.54. The first kappa shape index (κ1) is 33.8. The zero-order valence-electron chi connectivity index (χ0n) is 31.9. The Morgan fingerprint density at radius 1 is 0.155 bits per heavy atom. The quantitative estimate of drug-likeness (QED) is 0.149. The first-order valence-electron chi connectivity index (χ1n) is 20.1. The highest BCUT2D eigenvalue weighted by Gasteiger charge is 2.21. The van der Waals surface area contributed by atoms with E-state index in [1.807, 2.05) is 0 Å². The molecule has 0 bridgehead atoms. The van der Waals surface area contributed by atoms with Crippen molar-refractivity contribution >= 4 is 43.1 Å². The fourth-order valence-electron chi connectivity index (χ4n) is 8.95. The van der Waals surface area contributed by atoms with Gasteiger partial charge in [-0.25, -0.2) is 0 Å². The second-order valence-electron chi connectivity index (χ2n) is 15.3. The Morgan fingerprint density at radius 3 is 0.603 bits per heavy atom. The number of rotatable bonds is 6. The molecule has 58 heavy (non-hydrogen) atoms. The molecule has 0 aliphatic heterocycles. The molecule has 0 atom stereocenters. The molecule has 0 saturated heterocycles. The van der Waals surface area contributed by atoms with Crippen LogP contribution in [0.4, 0.5) is 0 Å². The smallest absolute Gasteiger partial charge is 0.00255 e. The molecule has 0 aromatic heterocycles. The van der Waals surface area contributed by atoms with E-state index in [1.165, 1.54) is 110 Å². The van der Waals surface area contributed by atoms with Crippen LogP contribution in [-0.4, -0.2) is 0 Å². The molecule has 11 rings (SSSR count). The Labute approximate surface area is 339 Å². The third-order valence-corrected chi connectivity index (χ3v) is 11.7. The van der Waals surface area contributed by atoms with Crippen molar-refractivity contribution < 1.29 is 0 Å². The summed E-state index contributed by atoms with van der Waals surface area (Å²) in [5, 5.41) is 9.89. The van der Waals surface area contributed by atoms with Crippen molar-refractivity contribution in [1.82, 2.24) is 0 Å². The van der Waals surface area contributed by atoms with E-state index in [1.54, 1.807) is 0 Å². The second-order valence-corrected chi connectivity index (χ2v) is 15.3. The highest BCUT2D eigenvalue weighted by molar-refractivity contribution is 6.26. The van der Waals surface area contributed by atoms with Gasteiger partial charge >= 0.3 is 0 Å². The molecular weight excluding hydrogens is 697 g/mol. The van der Waals surface area contributed by atoms with Crippen LogP contribution in [0, 0.1) is 0 Å². The summed E-state index contributed by atoms with van der Waals surface area (Å²) in [4.78, 5) is 0. The summed E-state index contributed by atoms with van der Waals surface area (Å²) in [6.45, 7) is 0. The molecule has 0 saturated carbocycles. The molecule has 0 nitrogen and oxygen atoms in total. The largest absolute Gasteiger partial charge is 0.0622 e. The van der Waals surface area contributed by atoms with Crippen molar-refractivity contribution in [2.24, 2.45) is 0 Å². The number of benzene rings is 11. The molecule has 0 heterocycles. The molecule has 270 valence electrons. The van der Waals surface area contributed by atoms with Crippen LogP contribution in [0.2, 0.25) is 0 Å². The summed E-state index contributed by atoms with van der Waals surface area (Å²) in [6.07, 6.45) is 0. The van der Waals surface area contributed by atoms with E-state index in [4.69, 9.17) is 0 Å². The van der Waals surface area contributed by atoms with Crippen LogP contribution < -0.4 is 0 Å². The number of fused-ring (bicyclic) bond motifs is 4. The van der Waals surface area contributed by atoms with Gasteiger partial charge in [0, 0.05) is 0 Å². The van der Waals surface area contributed by atoms with Crippen molar-refractivity contribution in [1.29, 1.82) is 0 Å². The summed E-state index contributed by atoms with van der Waals surface area (Å²) in [5.41, 5.74) is 14.5. The van der Waals surface area contributed by atoms with Crippen LogP contribution in [-0.2, 0) is 0 Å². The van der Waals surface area contributed by atoms with Crippen LogP contribution in [0.3, 0.4) is 0 Å². The third kappa shape index (κ3) is 6.04. The average Bonchev–Trinajstić information content (AvgIpc) is 3.30. The van der Waals surface area contributed by atoms with Crippen LogP contribution in [0.25, 0.3) is 110 Å². The van der Waals surface area contributed by atoms with Crippen molar-refractivity contribution in [2.45, 2.75) is 0 Å². The maximum absolute atomic E-state index is 2.44. The third-order valence-electron chi connectivity index (χ3n) is 11.7. The number of hydrogen-bond acceptors (Lipinski definition) is 0. The molecule has 0 heteroatoms. The monoisotopic (exact) mass is 734 g/mol. The van der Waals surface area contributed by atoms with Crippen LogP contribution >= 0.6 is 0 Å². The van der Waals surface area contributed by atoms with E-state index < -0.39 is 0 Å². The molecule has 0 spiro atoms. The Balaban J connectivity index is 1.31. The summed E-state index contributed by atoms with van der Waals surface area (Å²) in [6, 6.07) is 84.9. The van der Waals surface area contributed by atoms with Crippen LogP contribution in [0.15, 0.2) is 231 Å². The molecule has 0 radical (unpaired) electrons. The second kappa shape index (κ2) is 14.2. The zero-order chi connectivity index (χ0) is 38.4. The molecular formula is C58H38. The fraction of sp³-hybridized carbons (Fsp3) is 0. The lowest BCUT2D eigenvalue weighted by Gasteiger charge is -2.21. The topological polar surface area (TPSA) is 0 Å². The van der Waals surface area contributed by atoms with E-state index >= 15 is 0 Å². The predicted octanol–water partition coefficient (Wildman–Crippen LogP) is 16.3. The summed E-state index contributed by atoms with van der Waals surface area (Å²) in [5.74, 6) is 0. The molecule has 0 fully saturated rings. The van der Waals surface area contributed by atoms with Crippen molar-refractivity contribution in [3.63, 3.8) is 0 Å². The molecule has 11 aromatic carbocycles. The van der Waals surface area contributed by atoms with Gasteiger partial charge in [-0.2, -0.15) is 0 Å². The summed E-state index contributed by atoms with van der Waals surface area (Å²) < 4.78 is 0. The van der Waals surface area contributed by atoms with Crippen molar-refractivity contribution in [3.05, 3.63) is 231 Å². The Kier molecular flexibility index (Phi) is 8.26. The minimum Gasteiger partial charge on any atom is -0.0622 e. The van der Waals surface area contributed by atoms with Crippen LogP contribution in [0.5, 0.6) is 0 Å². The SMILES string of the molecule is c1ccc(-c2cc(-c3ccccc3)cc(-c3c4cc5ccccc5cc4c(-c4cc(-c5ccccc5)cc(-c5ccccc5)c4)c4cc5ccccc5cc34)c2)cc1. The van der Waals surface area contributed by atoms with Gasteiger partial charge in [-0.1, -0.05) is 170 Å². The normalized spacial score (nSPS) is 11.4. The maximum atomic E-state index is 2.44. The van der Waals surface area contributed by atoms with E-state index in [2.05, 4.69) is 231 Å². The van der Waals surface area contributed by atoms with Gasteiger partial charge in [0.05, 0.1) is 0 Å². The summed E-state index contributed by atoms with van der Waals surface area (Å²) in [7, 11) is 0. The molecule has 0 amide bonds. The van der Waals surface area contributed by atoms with Gasteiger partial charge < -0.3 is 0 Å². The van der Waals surface area contributed by atoms with Crippen molar-refractivity contribution in [3.8, 4) is 66.8 Å². The minimum atomic E-state index is 1.20.